The Morgan fingerprint density at radius 1 is 1.28 bits per heavy atom. The Balaban J connectivity index is 0.00000225. The van der Waals surface area contributed by atoms with Crippen molar-refractivity contribution in [2.45, 2.75) is 25.8 Å². The van der Waals surface area contributed by atoms with Crippen molar-refractivity contribution < 1.29 is 4.79 Å². The van der Waals surface area contributed by atoms with Crippen LogP contribution in [0.25, 0.3) is 0 Å². The first-order valence-corrected chi connectivity index (χ1v) is 7.98. The molecule has 1 N–H and O–H groups in total. The largest absolute Gasteiger partial charge is 0.353 e. The molecule has 0 bridgehead atoms. The number of amides is 1. The summed E-state index contributed by atoms with van der Waals surface area (Å²) in [6.45, 7) is 3.55. The first-order valence-electron chi connectivity index (χ1n) is 7.98. The van der Waals surface area contributed by atoms with Gasteiger partial charge in [0.05, 0.1) is 6.42 Å². The number of nitrogens with one attached hydrogen (secondary N) is 1. The standard InChI is InChI=1S/C18H19N5O.H2S/c1-13-2-4-14(5-3-13)10-18(24)20-16-8-9-23(12-16)17-7-6-15(11-19)21-22-17;/h2-7,16H,8-10,12H2,1H3,(H,20,24);1H2/t16-;/m0./s1. The monoisotopic (exact) mass is 355 g/mol. The van der Waals surface area contributed by atoms with Gasteiger partial charge >= 0.3 is 0 Å². The lowest BCUT2D eigenvalue weighted by Gasteiger charge is -2.17. The van der Waals surface area contributed by atoms with E-state index < -0.39 is 0 Å². The summed E-state index contributed by atoms with van der Waals surface area (Å²) in [6, 6.07) is 13.5. The summed E-state index contributed by atoms with van der Waals surface area (Å²) in [5, 5.41) is 19.8. The third-order valence-electron chi connectivity index (χ3n) is 4.13. The van der Waals surface area contributed by atoms with Crippen LogP contribution in [-0.2, 0) is 11.2 Å². The second-order valence-electron chi connectivity index (χ2n) is 6.05. The van der Waals surface area contributed by atoms with Gasteiger partial charge in [-0.25, -0.2) is 0 Å². The van der Waals surface area contributed by atoms with Crippen LogP contribution in [0, 0.1) is 18.3 Å². The van der Waals surface area contributed by atoms with Crippen molar-refractivity contribution in [3.8, 4) is 6.07 Å². The molecule has 3 rings (SSSR count). The minimum Gasteiger partial charge on any atom is -0.353 e. The van der Waals surface area contributed by atoms with Crippen molar-refractivity contribution in [1.82, 2.24) is 15.5 Å². The van der Waals surface area contributed by atoms with Gasteiger partial charge in [-0.1, -0.05) is 29.8 Å². The quantitative estimate of drug-likeness (QED) is 0.903. The number of aromatic nitrogens is 2. The van der Waals surface area contributed by atoms with Gasteiger partial charge in [-0.05, 0) is 31.0 Å². The van der Waals surface area contributed by atoms with Gasteiger partial charge in [-0.3, -0.25) is 4.79 Å². The van der Waals surface area contributed by atoms with E-state index in [1.165, 1.54) is 5.56 Å². The third kappa shape index (κ3) is 4.94. The zero-order valence-corrected chi connectivity index (χ0v) is 15.1. The third-order valence-corrected chi connectivity index (χ3v) is 4.13. The molecule has 25 heavy (non-hydrogen) atoms. The van der Waals surface area contributed by atoms with Crippen molar-refractivity contribution in [1.29, 1.82) is 5.26 Å². The maximum Gasteiger partial charge on any atom is 0.224 e. The van der Waals surface area contributed by atoms with E-state index in [0.29, 0.717) is 18.7 Å². The molecule has 0 saturated carbocycles. The van der Waals surface area contributed by atoms with Crippen LogP contribution in [0.4, 0.5) is 5.82 Å². The minimum atomic E-state index is 0. The fraction of sp³-hybridized carbons (Fsp3) is 0.333. The van der Waals surface area contributed by atoms with Gasteiger partial charge in [0, 0.05) is 19.1 Å². The van der Waals surface area contributed by atoms with Crippen LogP contribution in [0.15, 0.2) is 36.4 Å². The fourth-order valence-electron chi connectivity index (χ4n) is 2.81. The number of carbonyl (C=O) groups excluding carboxylic acids is 1. The van der Waals surface area contributed by atoms with Crippen LogP contribution in [-0.4, -0.2) is 35.2 Å². The highest BCUT2D eigenvalue weighted by Gasteiger charge is 2.25. The molecule has 6 nitrogen and oxygen atoms in total. The number of hydrogen-bond acceptors (Lipinski definition) is 5. The number of aryl methyl sites for hydroxylation is 1. The number of nitriles is 1. The van der Waals surface area contributed by atoms with E-state index in [4.69, 9.17) is 5.26 Å². The van der Waals surface area contributed by atoms with Crippen LogP contribution >= 0.6 is 13.5 Å². The maximum absolute atomic E-state index is 12.2. The van der Waals surface area contributed by atoms with Crippen LogP contribution in [0.1, 0.15) is 23.2 Å². The molecule has 0 radical (unpaired) electrons. The zero-order chi connectivity index (χ0) is 16.9. The zero-order valence-electron chi connectivity index (χ0n) is 14.1. The average molecular weight is 355 g/mol. The predicted octanol–water partition coefficient (Wildman–Crippen LogP) is 1.71. The molecule has 0 spiro atoms. The van der Waals surface area contributed by atoms with E-state index in [0.717, 1.165) is 24.3 Å². The lowest BCUT2D eigenvalue weighted by atomic mass is 10.1. The highest BCUT2D eigenvalue weighted by atomic mass is 32.1. The average Bonchev–Trinajstić information content (AvgIpc) is 3.05. The molecule has 1 aromatic carbocycles. The Hall–Kier alpha value is -2.59. The smallest absolute Gasteiger partial charge is 0.224 e. The molecule has 1 aliphatic heterocycles. The second kappa shape index (κ2) is 8.49. The van der Waals surface area contributed by atoms with E-state index in [-0.39, 0.29) is 25.4 Å². The predicted molar refractivity (Wildman–Crippen MR) is 101 cm³/mol. The van der Waals surface area contributed by atoms with Gasteiger partial charge in [0.25, 0.3) is 0 Å². The van der Waals surface area contributed by atoms with Crippen molar-refractivity contribution in [2.24, 2.45) is 0 Å². The first-order chi connectivity index (χ1) is 11.6. The van der Waals surface area contributed by atoms with E-state index in [2.05, 4.69) is 20.4 Å². The summed E-state index contributed by atoms with van der Waals surface area (Å²) in [7, 11) is 0. The van der Waals surface area contributed by atoms with Gasteiger partial charge < -0.3 is 10.2 Å². The van der Waals surface area contributed by atoms with E-state index in [1.807, 2.05) is 37.3 Å². The van der Waals surface area contributed by atoms with Gasteiger partial charge in [-0.2, -0.15) is 18.8 Å². The van der Waals surface area contributed by atoms with Crippen LogP contribution in [0.2, 0.25) is 0 Å². The molecular weight excluding hydrogens is 334 g/mol. The molecule has 2 heterocycles. The summed E-state index contributed by atoms with van der Waals surface area (Å²) < 4.78 is 0. The molecule has 0 aliphatic carbocycles. The summed E-state index contributed by atoms with van der Waals surface area (Å²) in [5.41, 5.74) is 2.51. The number of rotatable bonds is 4. The van der Waals surface area contributed by atoms with Crippen molar-refractivity contribution in [3.63, 3.8) is 0 Å². The second-order valence-corrected chi connectivity index (χ2v) is 6.05. The topological polar surface area (TPSA) is 81.9 Å². The van der Waals surface area contributed by atoms with Gasteiger partial charge in [-0.15, -0.1) is 10.2 Å². The summed E-state index contributed by atoms with van der Waals surface area (Å²) >= 11 is 0. The maximum atomic E-state index is 12.2. The molecule has 1 fully saturated rings. The normalized spacial score (nSPS) is 16.0. The van der Waals surface area contributed by atoms with Gasteiger partial charge in [0.2, 0.25) is 5.91 Å². The Labute approximate surface area is 154 Å². The molecule has 130 valence electrons. The number of benzene rings is 1. The van der Waals surface area contributed by atoms with Crippen molar-refractivity contribution in [3.05, 3.63) is 53.2 Å². The minimum absolute atomic E-state index is 0. The highest BCUT2D eigenvalue weighted by Crippen LogP contribution is 2.17. The van der Waals surface area contributed by atoms with Crippen LogP contribution in [0.5, 0.6) is 0 Å². The summed E-state index contributed by atoms with van der Waals surface area (Å²) in [5.74, 6) is 0.779. The summed E-state index contributed by atoms with van der Waals surface area (Å²) in [4.78, 5) is 14.3. The molecule has 1 aliphatic rings. The Morgan fingerprint density at radius 2 is 2.04 bits per heavy atom. The molecule has 2 aromatic rings. The molecule has 1 saturated heterocycles. The van der Waals surface area contributed by atoms with Gasteiger partial charge in [0.15, 0.2) is 11.5 Å². The highest BCUT2D eigenvalue weighted by molar-refractivity contribution is 7.59. The summed E-state index contributed by atoms with van der Waals surface area (Å²) in [6.07, 6.45) is 1.27. The number of nitrogens with zero attached hydrogens (tertiary/aromatic N) is 4. The Kier molecular flexibility index (Phi) is 6.37. The molecule has 1 amide bonds. The first kappa shape index (κ1) is 18.7. The van der Waals surface area contributed by atoms with Crippen molar-refractivity contribution in [2.75, 3.05) is 18.0 Å². The van der Waals surface area contributed by atoms with Crippen LogP contribution in [0.3, 0.4) is 0 Å². The number of hydrogen-bond donors (Lipinski definition) is 1. The SMILES string of the molecule is Cc1ccc(CC(=O)N[C@H]2CCN(c3ccc(C#N)nn3)C2)cc1.S. The number of anilines is 1. The molecule has 7 heteroatoms. The Morgan fingerprint density at radius 3 is 2.68 bits per heavy atom. The molecular formula is C18H21N5OS. The molecule has 0 unspecified atom stereocenters. The molecule has 1 aromatic heterocycles. The fourth-order valence-corrected chi connectivity index (χ4v) is 2.81. The van der Waals surface area contributed by atoms with Crippen LogP contribution < -0.4 is 10.2 Å². The lowest BCUT2D eigenvalue weighted by molar-refractivity contribution is -0.121. The van der Waals surface area contributed by atoms with Crippen molar-refractivity contribution >= 4 is 25.2 Å². The Bertz CT molecular complexity index is 755. The number of carbonyl (C=O) groups is 1. The van der Waals surface area contributed by atoms with E-state index in [9.17, 15) is 4.79 Å². The van der Waals surface area contributed by atoms with E-state index in [1.54, 1.807) is 12.1 Å². The van der Waals surface area contributed by atoms with Gasteiger partial charge in [0.1, 0.15) is 6.07 Å². The molecule has 1 atom stereocenters. The van der Waals surface area contributed by atoms with E-state index >= 15 is 0 Å². The lowest BCUT2D eigenvalue weighted by Crippen LogP contribution is -2.38.